The normalized spacial score (nSPS) is 20.3. The average molecular weight is 438 g/mol. The summed E-state index contributed by atoms with van der Waals surface area (Å²) in [5.74, 6) is -0.0762. The van der Waals surface area contributed by atoms with Gasteiger partial charge in [0.15, 0.2) is 0 Å². The summed E-state index contributed by atoms with van der Waals surface area (Å²) in [6.45, 7) is 1.94. The number of carbonyl (C=O) groups excluding carboxylic acids is 1. The quantitative estimate of drug-likeness (QED) is 0.611. The third-order valence-electron chi connectivity index (χ3n) is 5.99. The van der Waals surface area contributed by atoms with Crippen molar-refractivity contribution < 1.29 is 13.2 Å². The van der Waals surface area contributed by atoms with Crippen molar-refractivity contribution in [2.24, 2.45) is 5.92 Å². The second-order valence-corrected chi connectivity index (χ2v) is 9.91. The minimum absolute atomic E-state index is 0.0205. The van der Waals surface area contributed by atoms with Gasteiger partial charge in [-0.3, -0.25) is 9.78 Å². The van der Waals surface area contributed by atoms with E-state index in [4.69, 9.17) is 0 Å². The summed E-state index contributed by atoms with van der Waals surface area (Å²) in [6.07, 6.45) is 6.08. The minimum Gasteiger partial charge on any atom is -0.349 e. The molecule has 162 valence electrons. The number of hydrogen-bond donors (Lipinski definition) is 2. The Labute approximate surface area is 183 Å². The molecule has 1 amide bonds. The van der Waals surface area contributed by atoms with Crippen LogP contribution in [0.15, 0.2) is 71.9 Å². The summed E-state index contributed by atoms with van der Waals surface area (Å²) in [4.78, 5) is 17.0. The molecule has 1 aliphatic carbocycles. The Hall–Kier alpha value is -2.77. The number of nitrogens with one attached hydrogen (secondary N) is 2. The van der Waals surface area contributed by atoms with Gasteiger partial charge in [-0.2, -0.15) is 0 Å². The van der Waals surface area contributed by atoms with E-state index < -0.39 is 10.0 Å². The Morgan fingerprint density at radius 1 is 1.00 bits per heavy atom. The topological polar surface area (TPSA) is 88.2 Å². The first-order chi connectivity index (χ1) is 14.9. The van der Waals surface area contributed by atoms with Gasteiger partial charge in [0, 0.05) is 24.4 Å². The van der Waals surface area contributed by atoms with E-state index in [1.54, 1.807) is 24.5 Å². The largest absolute Gasteiger partial charge is 0.349 e. The fraction of sp³-hybridized carbons (Fsp3) is 0.333. The number of nitrogens with zero attached hydrogens (tertiary/aromatic N) is 1. The van der Waals surface area contributed by atoms with E-state index in [0.717, 1.165) is 16.3 Å². The van der Waals surface area contributed by atoms with Crippen molar-refractivity contribution >= 4 is 26.7 Å². The number of hydrogen-bond acceptors (Lipinski definition) is 4. The molecule has 0 unspecified atom stereocenters. The van der Waals surface area contributed by atoms with Crippen LogP contribution in [0.5, 0.6) is 0 Å². The van der Waals surface area contributed by atoms with Crippen LogP contribution in [-0.2, 0) is 14.8 Å². The lowest BCUT2D eigenvalue weighted by molar-refractivity contribution is -0.126. The molecule has 0 aliphatic heterocycles. The molecular formula is C24H27N3O3S. The maximum Gasteiger partial charge on any atom is 0.240 e. The smallest absolute Gasteiger partial charge is 0.240 e. The number of amides is 1. The molecule has 1 saturated carbocycles. The van der Waals surface area contributed by atoms with Gasteiger partial charge in [-0.15, -0.1) is 0 Å². The number of fused-ring (bicyclic) bond motifs is 1. The summed E-state index contributed by atoms with van der Waals surface area (Å²) < 4.78 is 28.6. The Kier molecular flexibility index (Phi) is 6.34. The fourth-order valence-electron chi connectivity index (χ4n) is 4.14. The second kappa shape index (κ2) is 9.16. The molecule has 0 bridgehead atoms. The third kappa shape index (κ3) is 5.11. The number of sulfonamides is 1. The van der Waals surface area contributed by atoms with Crippen molar-refractivity contribution in [1.29, 1.82) is 0 Å². The lowest BCUT2D eigenvalue weighted by atomic mass is 9.85. The third-order valence-corrected chi connectivity index (χ3v) is 7.51. The highest BCUT2D eigenvalue weighted by molar-refractivity contribution is 7.89. The first-order valence-electron chi connectivity index (χ1n) is 10.6. The van der Waals surface area contributed by atoms with Gasteiger partial charge < -0.3 is 5.32 Å². The zero-order valence-corrected chi connectivity index (χ0v) is 18.3. The molecule has 3 aromatic rings. The van der Waals surface area contributed by atoms with Crippen LogP contribution in [-0.4, -0.2) is 25.4 Å². The molecule has 7 heteroatoms. The predicted molar refractivity (Wildman–Crippen MR) is 121 cm³/mol. The standard InChI is InChI=1S/C24H27N3O3S/c1-17(21-7-4-14-25-16-21)26-24(28)19-8-11-22(12-9-19)27-31(29,30)23-13-10-18-5-2-3-6-20(18)15-23/h2-7,10,13-17,19,22,27H,8-9,11-12H2,1H3,(H,26,28)/t17-,19-,22-/m0/s1. The van der Waals surface area contributed by atoms with Crippen LogP contribution in [0.2, 0.25) is 0 Å². The van der Waals surface area contributed by atoms with Crippen LogP contribution in [0.4, 0.5) is 0 Å². The van der Waals surface area contributed by atoms with Gasteiger partial charge in [0.05, 0.1) is 10.9 Å². The zero-order valence-electron chi connectivity index (χ0n) is 17.5. The number of carbonyl (C=O) groups is 1. The zero-order chi connectivity index (χ0) is 21.8. The molecule has 2 aromatic carbocycles. The summed E-state index contributed by atoms with van der Waals surface area (Å²) in [5.41, 5.74) is 0.965. The summed E-state index contributed by atoms with van der Waals surface area (Å²) >= 11 is 0. The van der Waals surface area contributed by atoms with Crippen LogP contribution in [0.1, 0.15) is 44.2 Å². The molecular weight excluding hydrogens is 410 g/mol. The predicted octanol–water partition coefficient (Wildman–Crippen LogP) is 3.95. The van der Waals surface area contributed by atoms with Crippen molar-refractivity contribution in [3.63, 3.8) is 0 Å². The lowest BCUT2D eigenvalue weighted by Gasteiger charge is -2.29. The van der Waals surface area contributed by atoms with E-state index >= 15 is 0 Å². The number of benzene rings is 2. The first-order valence-corrected chi connectivity index (χ1v) is 12.1. The number of pyridine rings is 1. The van der Waals surface area contributed by atoms with E-state index in [1.807, 2.05) is 49.4 Å². The Morgan fingerprint density at radius 3 is 2.45 bits per heavy atom. The highest BCUT2D eigenvalue weighted by Crippen LogP contribution is 2.27. The van der Waals surface area contributed by atoms with E-state index in [1.165, 1.54) is 0 Å². The van der Waals surface area contributed by atoms with Crippen LogP contribution < -0.4 is 10.0 Å². The molecule has 1 atom stereocenters. The Balaban J connectivity index is 1.33. The van der Waals surface area contributed by atoms with E-state index in [9.17, 15) is 13.2 Å². The molecule has 1 heterocycles. The molecule has 1 aromatic heterocycles. The van der Waals surface area contributed by atoms with Crippen molar-refractivity contribution in [1.82, 2.24) is 15.0 Å². The molecule has 2 N–H and O–H groups in total. The van der Waals surface area contributed by atoms with Crippen LogP contribution in [0, 0.1) is 5.92 Å². The van der Waals surface area contributed by atoms with Gasteiger partial charge in [-0.1, -0.05) is 36.4 Å². The molecule has 0 saturated heterocycles. The van der Waals surface area contributed by atoms with Gasteiger partial charge >= 0.3 is 0 Å². The van der Waals surface area contributed by atoms with Crippen molar-refractivity contribution in [2.75, 3.05) is 0 Å². The number of aromatic nitrogens is 1. The maximum absolute atomic E-state index is 12.9. The number of rotatable bonds is 6. The fourth-order valence-corrected chi connectivity index (χ4v) is 5.48. The molecule has 1 fully saturated rings. The van der Waals surface area contributed by atoms with Crippen LogP contribution in [0.3, 0.4) is 0 Å². The molecule has 6 nitrogen and oxygen atoms in total. The summed E-state index contributed by atoms with van der Waals surface area (Å²) in [7, 11) is -3.60. The van der Waals surface area contributed by atoms with Gasteiger partial charge in [0.2, 0.25) is 15.9 Å². The van der Waals surface area contributed by atoms with E-state index in [-0.39, 0.29) is 28.8 Å². The van der Waals surface area contributed by atoms with E-state index in [2.05, 4.69) is 15.0 Å². The van der Waals surface area contributed by atoms with Crippen molar-refractivity contribution in [2.45, 2.75) is 49.6 Å². The molecule has 4 rings (SSSR count). The second-order valence-electron chi connectivity index (χ2n) is 8.20. The average Bonchev–Trinajstić information content (AvgIpc) is 2.79. The summed E-state index contributed by atoms with van der Waals surface area (Å²) in [6, 6.07) is 16.4. The SMILES string of the molecule is C[C@H](NC(=O)[C@H]1CC[C@H](NS(=O)(=O)c2ccc3ccccc3c2)CC1)c1cccnc1. The summed E-state index contributed by atoms with van der Waals surface area (Å²) in [5, 5.41) is 4.96. The monoisotopic (exact) mass is 437 g/mol. The van der Waals surface area contributed by atoms with Crippen molar-refractivity contribution in [3.05, 3.63) is 72.6 Å². The van der Waals surface area contributed by atoms with Gasteiger partial charge in [0.25, 0.3) is 0 Å². The maximum atomic E-state index is 12.9. The highest BCUT2D eigenvalue weighted by atomic mass is 32.2. The van der Waals surface area contributed by atoms with Gasteiger partial charge in [-0.05, 0) is 67.1 Å². The van der Waals surface area contributed by atoms with Crippen LogP contribution in [0.25, 0.3) is 10.8 Å². The Morgan fingerprint density at radius 2 is 1.74 bits per heavy atom. The lowest BCUT2D eigenvalue weighted by Crippen LogP contribution is -2.41. The van der Waals surface area contributed by atoms with E-state index in [0.29, 0.717) is 25.7 Å². The first kappa shape index (κ1) is 21.5. The van der Waals surface area contributed by atoms with Crippen molar-refractivity contribution in [3.8, 4) is 0 Å². The van der Waals surface area contributed by atoms with Gasteiger partial charge in [0.1, 0.15) is 0 Å². The van der Waals surface area contributed by atoms with Crippen LogP contribution >= 0.6 is 0 Å². The minimum atomic E-state index is -3.60. The van der Waals surface area contributed by atoms with Gasteiger partial charge in [-0.25, -0.2) is 13.1 Å². The Bertz CT molecular complexity index is 1160. The molecule has 1 aliphatic rings. The molecule has 0 spiro atoms. The highest BCUT2D eigenvalue weighted by Gasteiger charge is 2.29. The molecule has 31 heavy (non-hydrogen) atoms. The molecule has 0 radical (unpaired) electrons.